The molecule has 0 spiro atoms. The summed E-state index contributed by atoms with van der Waals surface area (Å²) in [7, 11) is 0. The van der Waals surface area contributed by atoms with E-state index in [2.05, 4.69) is 29.2 Å². The second kappa shape index (κ2) is 5.73. The van der Waals surface area contributed by atoms with Crippen LogP contribution in [0.15, 0.2) is 48.5 Å². The standard InChI is InChI=1S/C17H19FN2/c18-16-7-3-4-13(8-16)11-20-12-15-6-2-1-5-14(15)9-17(20)10-19/h1-8,17H,9-12,19H2. The van der Waals surface area contributed by atoms with Gasteiger partial charge in [-0.15, -0.1) is 0 Å². The fourth-order valence-corrected chi connectivity index (χ4v) is 2.93. The SMILES string of the molecule is NCC1Cc2ccccc2CN1Cc1cccc(F)c1. The Kier molecular flexibility index (Phi) is 3.81. The van der Waals surface area contributed by atoms with E-state index in [9.17, 15) is 4.39 Å². The van der Waals surface area contributed by atoms with Crippen molar-refractivity contribution in [2.45, 2.75) is 25.6 Å². The quantitative estimate of drug-likeness (QED) is 0.929. The Morgan fingerprint density at radius 2 is 1.90 bits per heavy atom. The highest BCUT2D eigenvalue weighted by Crippen LogP contribution is 2.24. The van der Waals surface area contributed by atoms with E-state index in [0.29, 0.717) is 12.6 Å². The maximum Gasteiger partial charge on any atom is 0.123 e. The fraction of sp³-hybridized carbons (Fsp3) is 0.294. The molecule has 0 amide bonds. The molecule has 1 unspecified atom stereocenters. The zero-order valence-corrected chi connectivity index (χ0v) is 11.4. The first-order valence-corrected chi connectivity index (χ1v) is 7.01. The number of nitrogens with two attached hydrogens (primary N) is 1. The van der Waals surface area contributed by atoms with Crippen LogP contribution >= 0.6 is 0 Å². The van der Waals surface area contributed by atoms with Crippen molar-refractivity contribution in [2.24, 2.45) is 5.73 Å². The van der Waals surface area contributed by atoms with Gasteiger partial charge in [0.15, 0.2) is 0 Å². The van der Waals surface area contributed by atoms with Gasteiger partial charge in [-0.2, -0.15) is 0 Å². The first-order valence-electron chi connectivity index (χ1n) is 7.01. The molecule has 1 atom stereocenters. The zero-order valence-electron chi connectivity index (χ0n) is 11.4. The summed E-state index contributed by atoms with van der Waals surface area (Å²) >= 11 is 0. The largest absolute Gasteiger partial charge is 0.329 e. The summed E-state index contributed by atoms with van der Waals surface area (Å²) in [5.74, 6) is -0.177. The Balaban J connectivity index is 1.82. The lowest BCUT2D eigenvalue weighted by molar-refractivity contribution is 0.167. The molecule has 3 rings (SSSR count). The molecule has 0 saturated heterocycles. The van der Waals surface area contributed by atoms with Crippen LogP contribution < -0.4 is 5.73 Å². The monoisotopic (exact) mass is 270 g/mol. The van der Waals surface area contributed by atoms with Crippen molar-refractivity contribution >= 4 is 0 Å². The highest BCUT2D eigenvalue weighted by molar-refractivity contribution is 5.30. The summed E-state index contributed by atoms with van der Waals surface area (Å²) in [5, 5.41) is 0. The average Bonchev–Trinajstić information content (AvgIpc) is 2.46. The molecular formula is C17H19FN2. The Morgan fingerprint density at radius 3 is 2.65 bits per heavy atom. The molecule has 0 fully saturated rings. The highest BCUT2D eigenvalue weighted by Gasteiger charge is 2.24. The highest BCUT2D eigenvalue weighted by atomic mass is 19.1. The zero-order chi connectivity index (χ0) is 13.9. The molecule has 2 N–H and O–H groups in total. The second-order valence-corrected chi connectivity index (χ2v) is 5.40. The molecule has 1 aliphatic rings. The van der Waals surface area contributed by atoms with Gasteiger partial charge in [-0.3, -0.25) is 4.90 Å². The molecule has 0 bridgehead atoms. The predicted molar refractivity (Wildman–Crippen MR) is 78.6 cm³/mol. The van der Waals surface area contributed by atoms with E-state index in [0.717, 1.165) is 25.1 Å². The van der Waals surface area contributed by atoms with Gasteiger partial charge in [-0.05, 0) is 35.2 Å². The van der Waals surface area contributed by atoms with Crippen molar-refractivity contribution in [3.63, 3.8) is 0 Å². The number of benzene rings is 2. The third-order valence-electron chi connectivity index (χ3n) is 4.01. The molecule has 104 valence electrons. The number of halogens is 1. The molecule has 0 radical (unpaired) electrons. The summed E-state index contributed by atoms with van der Waals surface area (Å²) in [6, 6.07) is 15.6. The van der Waals surface area contributed by atoms with E-state index >= 15 is 0 Å². The van der Waals surface area contributed by atoms with Gasteiger partial charge in [0, 0.05) is 25.7 Å². The summed E-state index contributed by atoms with van der Waals surface area (Å²) < 4.78 is 13.3. The first-order chi connectivity index (χ1) is 9.76. The minimum absolute atomic E-state index is 0.177. The van der Waals surface area contributed by atoms with Gasteiger partial charge in [-0.1, -0.05) is 36.4 Å². The van der Waals surface area contributed by atoms with Gasteiger partial charge in [-0.25, -0.2) is 4.39 Å². The number of nitrogens with zero attached hydrogens (tertiary/aromatic N) is 1. The van der Waals surface area contributed by atoms with Crippen LogP contribution in [0, 0.1) is 5.82 Å². The first kappa shape index (κ1) is 13.3. The molecule has 2 nitrogen and oxygen atoms in total. The van der Waals surface area contributed by atoms with Crippen molar-refractivity contribution in [1.82, 2.24) is 4.90 Å². The van der Waals surface area contributed by atoms with E-state index in [4.69, 9.17) is 5.73 Å². The van der Waals surface area contributed by atoms with E-state index in [1.54, 1.807) is 12.1 Å². The van der Waals surface area contributed by atoms with Crippen molar-refractivity contribution in [3.8, 4) is 0 Å². The third-order valence-corrected chi connectivity index (χ3v) is 4.01. The number of hydrogen-bond acceptors (Lipinski definition) is 2. The van der Waals surface area contributed by atoms with Crippen molar-refractivity contribution < 1.29 is 4.39 Å². The average molecular weight is 270 g/mol. The maximum atomic E-state index is 13.3. The lowest BCUT2D eigenvalue weighted by Crippen LogP contribution is -2.44. The normalized spacial score (nSPS) is 18.8. The van der Waals surface area contributed by atoms with E-state index in [1.165, 1.54) is 17.2 Å². The predicted octanol–water partition coefficient (Wildman–Crippen LogP) is 2.71. The van der Waals surface area contributed by atoms with Gasteiger partial charge in [0.2, 0.25) is 0 Å². The molecule has 3 heteroatoms. The minimum atomic E-state index is -0.177. The Bertz CT molecular complexity index is 597. The van der Waals surface area contributed by atoms with E-state index < -0.39 is 0 Å². The van der Waals surface area contributed by atoms with Crippen molar-refractivity contribution in [3.05, 3.63) is 71.0 Å². The van der Waals surface area contributed by atoms with Crippen LogP contribution in [0.5, 0.6) is 0 Å². The van der Waals surface area contributed by atoms with Crippen LogP contribution in [0.25, 0.3) is 0 Å². The van der Waals surface area contributed by atoms with E-state index in [-0.39, 0.29) is 5.82 Å². The topological polar surface area (TPSA) is 29.3 Å². The lowest BCUT2D eigenvalue weighted by Gasteiger charge is -2.36. The van der Waals surface area contributed by atoms with Gasteiger partial charge >= 0.3 is 0 Å². The molecule has 20 heavy (non-hydrogen) atoms. The number of rotatable bonds is 3. The second-order valence-electron chi connectivity index (χ2n) is 5.40. The van der Waals surface area contributed by atoms with Crippen molar-refractivity contribution in [1.29, 1.82) is 0 Å². The lowest BCUT2D eigenvalue weighted by atomic mass is 9.93. The van der Waals surface area contributed by atoms with E-state index in [1.807, 2.05) is 6.07 Å². The molecule has 2 aromatic carbocycles. The molecule has 0 aliphatic carbocycles. The molecule has 2 aromatic rings. The van der Waals surface area contributed by atoms with Gasteiger partial charge in [0.25, 0.3) is 0 Å². The van der Waals surface area contributed by atoms with Crippen LogP contribution in [0.2, 0.25) is 0 Å². The Hall–Kier alpha value is -1.71. The van der Waals surface area contributed by atoms with Crippen LogP contribution in [0.3, 0.4) is 0 Å². The minimum Gasteiger partial charge on any atom is -0.329 e. The summed E-state index contributed by atoms with van der Waals surface area (Å²) in [4.78, 5) is 2.34. The Morgan fingerprint density at radius 1 is 1.10 bits per heavy atom. The van der Waals surface area contributed by atoms with Crippen LogP contribution in [0.4, 0.5) is 4.39 Å². The van der Waals surface area contributed by atoms with Gasteiger partial charge in [0.05, 0.1) is 0 Å². The third kappa shape index (κ3) is 2.74. The molecule has 0 saturated carbocycles. The fourth-order valence-electron chi connectivity index (χ4n) is 2.93. The molecule has 1 aliphatic heterocycles. The Labute approximate surface area is 119 Å². The summed E-state index contributed by atoms with van der Waals surface area (Å²) in [6.07, 6.45) is 0.974. The molecule has 0 aromatic heterocycles. The number of hydrogen-bond donors (Lipinski definition) is 1. The van der Waals surface area contributed by atoms with Crippen LogP contribution in [-0.2, 0) is 19.5 Å². The van der Waals surface area contributed by atoms with Crippen molar-refractivity contribution in [2.75, 3.05) is 6.54 Å². The number of fused-ring (bicyclic) bond motifs is 1. The van der Waals surface area contributed by atoms with Gasteiger partial charge < -0.3 is 5.73 Å². The molecular weight excluding hydrogens is 251 g/mol. The smallest absolute Gasteiger partial charge is 0.123 e. The molecule has 1 heterocycles. The van der Waals surface area contributed by atoms with Crippen LogP contribution in [0.1, 0.15) is 16.7 Å². The van der Waals surface area contributed by atoms with Crippen LogP contribution in [-0.4, -0.2) is 17.5 Å². The summed E-state index contributed by atoms with van der Waals surface area (Å²) in [5.41, 5.74) is 9.66. The summed E-state index contributed by atoms with van der Waals surface area (Å²) in [6.45, 7) is 2.26. The maximum absolute atomic E-state index is 13.3. The van der Waals surface area contributed by atoms with Gasteiger partial charge in [0.1, 0.15) is 5.82 Å².